The number of aromatic nitrogens is 1. The Morgan fingerprint density at radius 3 is 2.11 bits per heavy atom. The van der Waals surface area contributed by atoms with Gasteiger partial charge >= 0.3 is 6.18 Å². The molecule has 0 atom stereocenters. The first-order chi connectivity index (χ1) is 16.5. The molecule has 190 valence electrons. The number of amides is 1. The Labute approximate surface area is 203 Å². The van der Waals surface area contributed by atoms with Gasteiger partial charge in [-0.2, -0.15) is 13.2 Å². The molecule has 1 amide bonds. The van der Waals surface area contributed by atoms with Gasteiger partial charge in [0, 0.05) is 56.8 Å². The molecule has 2 aliphatic rings. The average molecular weight is 511 g/mol. The van der Waals surface area contributed by atoms with Crippen LogP contribution in [0.15, 0.2) is 47.5 Å². The fourth-order valence-electron chi connectivity index (χ4n) is 4.70. The molecule has 0 N–H and O–H groups in total. The molecular formula is C24H29F3N4O3S. The van der Waals surface area contributed by atoms with E-state index in [1.54, 1.807) is 17.0 Å². The maximum Gasteiger partial charge on any atom is 0.433 e. The zero-order chi connectivity index (χ0) is 25.2. The maximum absolute atomic E-state index is 12.8. The Hall–Kier alpha value is -2.50. The van der Waals surface area contributed by atoms with Gasteiger partial charge in [0.1, 0.15) is 5.69 Å². The lowest BCUT2D eigenvalue weighted by Crippen LogP contribution is -2.54. The van der Waals surface area contributed by atoms with Gasteiger partial charge in [0.05, 0.1) is 4.90 Å². The van der Waals surface area contributed by atoms with Crippen LogP contribution in [0.5, 0.6) is 0 Å². The van der Waals surface area contributed by atoms with Crippen LogP contribution < -0.4 is 0 Å². The van der Waals surface area contributed by atoms with Crippen molar-refractivity contribution in [2.24, 2.45) is 0 Å². The summed E-state index contributed by atoms with van der Waals surface area (Å²) in [6.07, 6.45) is -0.0440. The first kappa shape index (κ1) is 25.6. The van der Waals surface area contributed by atoms with Crippen LogP contribution in [0.25, 0.3) is 0 Å². The van der Waals surface area contributed by atoms with E-state index in [1.165, 1.54) is 24.4 Å². The van der Waals surface area contributed by atoms with Gasteiger partial charge in [0.25, 0.3) is 5.91 Å². The third-order valence-electron chi connectivity index (χ3n) is 6.73. The lowest BCUT2D eigenvalue weighted by atomic mass is 10.0. The number of hydrogen-bond donors (Lipinski definition) is 0. The molecule has 11 heteroatoms. The van der Waals surface area contributed by atoms with Gasteiger partial charge < -0.3 is 4.90 Å². The predicted octanol–water partition coefficient (Wildman–Crippen LogP) is 2.93. The number of piperazine rings is 1. The molecule has 0 spiro atoms. The number of rotatable bonds is 5. The van der Waals surface area contributed by atoms with Crippen molar-refractivity contribution in [2.75, 3.05) is 45.5 Å². The third kappa shape index (κ3) is 6.39. The van der Waals surface area contributed by atoms with Crippen molar-refractivity contribution in [3.63, 3.8) is 0 Å². The Bertz CT molecular complexity index is 1120. The second-order valence-corrected chi connectivity index (χ2v) is 11.2. The van der Waals surface area contributed by atoms with Crippen LogP contribution >= 0.6 is 0 Å². The second-order valence-electron chi connectivity index (χ2n) is 9.18. The SMILES string of the molecule is CS(=O)(=O)c1ccc(C(=O)N2CCN(C3CCN(Cc4ccc(C(F)(F)F)nc4)CC3)CC2)cc1. The van der Waals surface area contributed by atoms with Gasteiger partial charge in [-0.1, -0.05) is 6.07 Å². The Balaban J connectivity index is 1.23. The number of halogens is 3. The summed E-state index contributed by atoms with van der Waals surface area (Å²) in [4.78, 5) is 23.0. The van der Waals surface area contributed by atoms with E-state index >= 15 is 0 Å². The van der Waals surface area contributed by atoms with Crippen molar-refractivity contribution < 1.29 is 26.4 Å². The van der Waals surface area contributed by atoms with Crippen molar-refractivity contribution in [1.29, 1.82) is 0 Å². The number of carbonyl (C=O) groups excluding carboxylic acids is 1. The molecular weight excluding hydrogens is 481 g/mol. The summed E-state index contributed by atoms with van der Waals surface area (Å²) < 4.78 is 61.3. The number of nitrogens with zero attached hydrogens (tertiary/aromatic N) is 4. The summed E-state index contributed by atoms with van der Waals surface area (Å²) in [7, 11) is -3.30. The Morgan fingerprint density at radius 1 is 0.971 bits per heavy atom. The number of likely N-dealkylation sites (tertiary alicyclic amines) is 1. The van der Waals surface area contributed by atoms with Gasteiger partial charge in [-0.25, -0.2) is 8.42 Å². The molecule has 3 heterocycles. The second kappa shape index (κ2) is 10.2. The molecule has 0 saturated carbocycles. The van der Waals surface area contributed by atoms with Crippen molar-refractivity contribution in [3.05, 3.63) is 59.4 Å². The minimum absolute atomic E-state index is 0.0929. The number of pyridine rings is 1. The quantitative estimate of drug-likeness (QED) is 0.616. The van der Waals surface area contributed by atoms with Gasteiger partial charge in [-0.15, -0.1) is 0 Å². The fraction of sp³-hybridized carbons (Fsp3) is 0.500. The summed E-state index contributed by atoms with van der Waals surface area (Å²) >= 11 is 0. The minimum Gasteiger partial charge on any atom is -0.336 e. The molecule has 0 bridgehead atoms. The van der Waals surface area contributed by atoms with Crippen LogP contribution in [-0.2, 0) is 22.6 Å². The zero-order valence-electron chi connectivity index (χ0n) is 19.5. The number of sulfone groups is 1. The van der Waals surface area contributed by atoms with Crippen molar-refractivity contribution in [2.45, 2.75) is 36.5 Å². The largest absolute Gasteiger partial charge is 0.433 e. The minimum atomic E-state index is -4.42. The van der Waals surface area contributed by atoms with Crippen LogP contribution in [0.2, 0.25) is 0 Å². The molecule has 0 aliphatic carbocycles. The summed E-state index contributed by atoms with van der Waals surface area (Å²) in [5.74, 6) is -0.0929. The lowest BCUT2D eigenvalue weighted by molar-refractivity contribution is -0.141. The topological polar surface area (TPSA) is 73.8 Å². The van der Waals surface area contributed by atoms with E-state index in [2.05, 4.69) is 14.8 Å². The van der Waals surface area contributed by atoms with Crippen LogP contribution in [0, 0.1) is 0 Å². The van der Waals surface area contributed by atoms with Crippen molar-refractivity contribution in [3.8, 4) is 0 Å². The van der Waals surface area contributed by atoms with E-state index in [0.29, 0.717) is 31.2 Å². The smallest absolute Gasteiger partial charge is 0.336 e. The highest BCUT2D eigenvalue weighted by molar-refractivity contribution is 7.90. The molecule has 4 rings (SSSR count). The van der Waals surface area contributed by atoms with Crippen LogP contribution in [0.4, 0.5) is 13.2 Å². The molecule has 0 unspecified atom stereocenters. The molecule has 2 fully saturated rings. The summed E-state index contributed by atoms with van der Waals surface area (Å²) in [6, 6.07) is 9.00. The highest BCUT2D eigenvalue weighted by Crippen LogP contribution is 2.27. The predicted molar refractivity (Wildman–Crippen MR) is 125 cm³/mol. The van der Waals surface area contributed by atoms with Gasteiger partial charge in [0.15, 0.2) is 9.84 Å². The molecule has 2 aromatic rings. The Morgan fingerprint density at radius 2 is 1.60 bits per heavy atom. The molecule has 35 heavy (non-hydrogen) atoms. The summed E-state index contributed by atoms with van der Waals surface area (Å²) in [6.45, 7) is 5.09. The van der Waals surface area contributed by atoms with Crippen LogP contribution in [0.1, 0.15) is 34.5 Å². The monoisotopic (exact) mass is 510 g/mol. The van der Waals surface area contributed by atoms with E-state index in [-0.39, 0.29) is 10.8 Å². The number of hydrogen-bond acceptors (Lipinski definition) is 6. The van der Waals surface area contributed by atoms with E-state index < -0.39 is 21.7 Å². The third-order valence-corrected chi connectivity index (χ3v) is 7.85. The highest BCUT2D eigenvalue weighted by atomic mass is 32.2. The molecule has 2 aliphatic heterocycles. The van der Waals surface area contributed by atoms with Crippen LogP contribution in [-0.4, -0.2) is 85.6 Å². The van der Waals surface area contributed by atoms with E-state index in [9.17, 15) is 26.4 Å². The first-order valence-corrected chi connectivity index (χ1v) is 13.5. The molecule has 1 aromatic heterocycles. The summed E-state index contributed by atoms with van der Waals surface area (Å²) in [5, 5.41) is 0. The molecule has 7 nitrogen and oxygen atoms in total. The van der Waals surface area contributed by atoms with Gasteiger partial charge in [-0.3, -0.25) is 19.6 Å². The number of benzene rings is 1. The average Bonchev–Trinajstić information content (AvgIpc) is 2.83. The molecule has 0 radical (unpaired) electrons. The molecule has 2 saturated heterocycles. The highest BCUT2D eigenvalue weighted by Gasteiger charge is 2.32. The first-order valence-electron chi connectivity index (χ1n) is 11.6. The lowest BCUT2D eigenvalue weighted by Gasteiger charge is -2.42. The van der Waals surface area contributed by atoms with E-state index in [0.717, 1.165) is 56.9 Å². The molecule has 1 aromatic carbocycles. The van der Waals surface area contributed by atoms with Gasteiger partial charge in [-0.05, 0) is 61.8 Å². The number of carbonyl (C=O) groups is 1. The van der Waals surface area contributed by atoms with E-state index in [4.69, 9.17) is 0 Å². The fourth-order valence-corrected chi connectivity index (χ4v) is 5.33. The van der Waals surface area contributed by atoms with E-state index in [1.807, 2.05) is 0 Å². The normalized spacial score (nSPS) is 19.1. The zero-order valence-corrected chi connectivity index (χ0v) is 20.4. The van der Waals surface area contributed by atoms with Crippen LogP contribution in [0.3, 0.4) is 0 Å². The Kier molecular flexibility index (Phi) is 7.48. The number of piperidine rings is 1. The number of alkyl halides is 3. The maximum atomic E-state index is 12.8. The van der Waals surface area contributed by atoms with Gasteiger partial charge in [0.2, 0.25) is 0 Å². The summed E-state index contributed by atoms with van der Waals surface area (Å²) in [5.41, 5.74) is 0.383. The van der Waals surface area contributed by atoms with Crippen molar-refractivity contribution >= 4 is 15.7 Å². The standard InChI is InChI=1S/C24H29F3N4O3S/c1-35(33,34)21-5-3-19(4-6-21)23(32)31-14-12-30(13-15-31)20-8-10-29(11-9-20)17-18-2-7-22(28-16-18)24(25,26)27/h2-7,16,20H,8-15,17H2,1H3. The van der Waals surface area contributed by atoms with Crippen molar-refractivity contribution in [1.82, 2.24) is 19.7 Å².